The molecule has 140 valence electrons. The van der Waals surface area contributed by atoms with Gasteiger partial charge in [-0.15, -0.1) is 0 Å². The zero-order valence-corrected chi connectivity index (χ0v) is 15.3. The lowest BCUT2D eigenvalue weighted by Gasteiger charge is -2.11. The van der Waals surface area contributed by atoms with Gasteiger partial charge in [0.05, 0.1) is 6.54 Å². The second-order valence-corrected chi connectivity index (χ2v) is 6.82. The Balaban J connectivity index is 1.88. The lowest BCUT2D eigenvalue weighted by molar-refractivity contribution is 0.472. The minimum atomic E-state index is -0.678. The summed E-state index contributed by atoms with van der Waals surface area (Å²) in [5.41, 5.74) is 0.147. The molecule has 2 aromatic heterocycles. The number of aromatic hydroxyl groups is 2. The van der Waals surface area contributed by atoms with Crippen LogP contribution in [-0.4, -0.2) is 19.2 Å². The van der Waals surface area contributed by atoms with Crippen molar-refractivity contribution in [2.75, 3.05) is 0 Å². The summed E-state index contributed by atoms with van der Waals surface area (Å²) in [7, 11) is 0. The van der Waals surface area contributed by atoms with Crippen molar-refractivity contribution in [2.24, 2.45) is 0 Å². The van der Waals surface area contributed by atoms with Gasteiger partial charge in [0.15, 0.2) is 11.3 Å². The minimum absolute atomic E-state index is 0.00146. The Labute approximate surface area is 164 Å². The third kappa shape index (κ3) is 3.14. The van der Waals surface area contributed by atoms with E-state index >= 15 is 0 Å². The van der Waals surface area contributed by atoms with E-state index in [1.165, 1.54) is 27.3 Å². The van der Waals surface area contributed by atoms with E-state index in [-0.39, 0.29) is 23.4 Å². The molecular weight excluding hydrogens is 380 g/mol. The molecule has 0 fully saturated rings. The van der Waals surface area contributed by atoms with E-state index in [0.717, 1.165) is 5.56 Å². The average Bonchev–Trinajstić information content (AvgIpc) is 2.66. The molecule has 28 heavy (non-hydrogen) atoms. The number of benzene rings is 2. The SMILES string of the molecule is O=c1c(-c2cccc(O)c2)cn2ccn(Cc3cccc(Cl)c3)c(=O)c2c1O. The van der Waals surface area contributed by atoms with E-state index in [4.69, 9.17) is 11.6 Å². The maximum Gasteiger partial charge on any atom is 0.279 e. The van der Waals surface area contributed by atoms with Gasteiger partial charge in [-0.2, -0.15) is 0 Å². The Hall–Kier alpha value is -3.51. The molecule has 0 aliphatic carbocycles. The summed E-state index contributed by atoms with van der Waals surface area (Å²) >= 11 is 5.99. The first kappa shape index (κ1) is 17.9. The number of pyridine rings is 1. The predicted molar refractivity (Wildman–Crippen MR) is 107 cm³/mol. The Morgan fingerprint density at radius 3 is 2.50 bits per heavy atom. The zero-order chi connectivity index (χ0) is 19.8. The molecule has 4 rings (SSSR count). The van der Waals surface area contributed by atoms with Crippen molar-refractivity contribution in [2.45, 2.75) is 6.54 Å². The number of nitrogens with zero attached hydrogens (tertiary/aromatic N) is 2. The number of phenols is 1. The molecule has 0 amide bonds. The summed E-state index contributed by atoms with van der Waals surface area (Å²) in [6.07, 6.45) is 4.64. The first-order chi connectivity index (χ1) is 13.4. The Kier molecular flexibility index (Phi) is 4.41. The summed E-state index contributed by atoms with van der Waals surface area (Å²) in [4.78, 5) is 25.5. The van der Waals surface area contributed by atoms with Gasteiger partial charge in [0, 0.05) is 29.2 Å². The van der Waals surface area contributed by atoms with Gasteiger partial charge >= 0.3 is 0 Å². The van der Waals surface area contributed by atoms with E-state index in [1.54, 1.807) is 42.7 Å². The molecule has 0 saturated carbocycles. The van der Waals surface area contributed by atoms with Crippen LogP contribution in [0.25, 0.3) is 16.6 Å². The first-order valence-electron chi connectivity index (χ1n) is 8.45. The van der Waals surface area contributed by atoms with Gasteiger partial charge in [0.2, 0.25) is 5.43 Å². The molecule has 0 aliphatic heterocycles. The van der Waals surface area contributed by atoms with Gasteiger partial charge in [-0.05, 0) is 35.4 Å². The molecule has 0 spiro atoms. The van der Waals surface area contributed by atoms with E-state index in [1.807, 2.05) is 6.07 Å². The van der Waals surface area contributed by atoms with Gasteiger partial charge in [0.25, 0.3) is 5.56 Å². The van der Waals surface area contributed by atoms with E-state index in [0.29, 0.717) is 10.6 Å². The fourth-order valence-electron chi connectivity index (χ4n) is 3.14. The Morgan fingerprint density at radius 2 is 1.75 bits per heavy atom. The van der Waals surface area contributed by atoms with Crippen LogP contribution >= 0.6 is 11.6 Å². The fraction of sp³-hybridized carbons (Fsp3) is 0.0476. The van der Waals surface area contributed by atoms with Gasteiger partial charge in [-0.1, -0.05) is 35.9 Å². The quantitative estimate of drug-likeness (QED) is 0.558. The van der Waals surface area contributed by atoms with Gasteiger partial charge in [-0.3, -0.25) is 9.59 Å². The van der Waals surface area contributed by atoms with Crippen LogP contribution < -0.4 is 11.0 Å². The average molecular weight is 395 g/mol. The standard InChI is InChI=1S/C21H15ClN2O4/c22-15-5-1-3-13(9-15)11-24-8-7-23-12-17(14-4-2-6-16(25)10-14)19(26)20(27)18(23)21(24)28/h1-10,12,25,27H,11H2. The highest BCUT2D eigenvalue weighted by atomic mass is 35.5. The third-order valence-corrected chi connectivity index (χ3v) is 4.72. The van der Waals surface area contributed by atoms with Crippen LogP contribution in [0.2, 0.25) is 5.02 Å². The van der Waals surface area contributed by atoms with Crippen LogP contribution in [0.15, 0.2) is 76.7 Å². The third-order valence-electron chi connectivity index (χ3n) is 4.48. The molecule has 0 aliphatic rings. The normalized spacial score (nSPS) is 11.0. The van der Waals surface area contributed by atoms with Crippen LogP contribution in [0.3, 0.4) is 0 Å². The van der Waals surface area contributed by atoms with Crippen molar-refractivity contribution in [3.8, 4) is 22.6 Å². The summed E-state index contributed by atoms with van der Waals surface area (Å²) in [6.45, 7) is 0.248. The van der Waals surface area contributed by atoms with Crippen molar-refractivity contribution in [3.63, 3.8) is 0 Å². The predicted octanol–water partition coefficient (Wildman–Crippen LogP) is 3.24. The Morgan fingerprint density at radius 1 is 0.964 bits per heavy atom. The number of fused-ring (bicyclic) bond motifs is 1. The first-order valence-corrected chi connectivity index (χ1v) is 8.83. The molecule has 0 saturated heterocycles. The van der Waals surface area contributed by atoms with Crippen LogP contribution in [0.1, 0.15) is 5.56 Å². The highest BCUT2D eigenvalue weighted by Crippen LogP contribution is 2.23. The maximum atomic E-state index is 12.9. The lowest BCUT2D eigenvalue weighted by atomic mass is 10.1. The highest BCUT2D eigenvalue weighted by Gasteiger charge is 2.16. The monoisotopic (exact) mass is 394 g/mol. The summed E-state index contributed by atoms with van der Waals surface area (Å²) in [5.74, 6) is -0.635. The summed E-state index contributed by atoms with van der Waals surface area (Å²) in [5, 5.41) is 20.7. The molecule has 2 heterocycles. The van der Waals surface area contributed by atoms with E-state index < -0.39 is 16.7 Å². The molecule has 0 unspecified atom stereocenters. The molecule has 4 aromatic rings. The lowest BCUT2D eigenvalue weighted by Crippen LogP contribution is -2.24. The highest BCUT2D eigenvalue weighted by molar-refractivity contribution is 6.30. The number of phenolic OH excluding ortho intramolecular Hbond substituents is 1. The maximum absolute atomic E-state index is 12.9. The van der Waals surface area contributed by atoms with Crippen molar-refractivity contribution >= 4 is 17.1 Å². The summed E-state index contributed by atoms with van der Waals surface area (Å²) in [6, 6.07) is 13.2. The van der Waals surface area contributed by atoms with Gasteiger partial charge in [-0.25, -0.2) is 0 Å². The molecule has 0 bridgehead atoms. The van der Waals surface area contributed by atoms with Crippen LogP contribution in [-0.2, 0) is 6.54 Å². The topological polar surface area (TPSA) is 83.9 Å². The molecule has 6 nitrogen and oxygen atoms in total. The van der Waals surface area contributed by atoms with Gasteiger partial charge < -0.3 is 19.2 Å². The van der Waals surface area contributed by atoms with E-state index in [2.05, 4.69) is 0 Å². The van der Waals surface area contributed by atoms with E-state index in [9.17, 15) is 19.8 Å². The number of halogens is 1. The second-order valence-electron chi connectivity index (χ2n) is 6.39. The Bertz CT molecular complexity index is 1320. The number of rotatable bonds is 3. The van der Waals surface area contributed by atoms with Crippen LogP contribution in [0, 0.1) is 0 Å². The number of hydrogen-bond acceptors (Lipinski definition) is 4. The molecule has 0 radical (unpaired) electrons. The molecule has 2 aromatic carbocycles. The molecule has 2 N–H and O–H groups in total. The smallest absolute Gasteiger partial charge is 0.279 e. The van der Waals surface area contributed by atoms with Gasteiger partial charge in [0.1, 0.15) is 5.75 Å². The minimum Gasteiger partial charge on any atom is -0.508 e. The number of hydrogen-bond donors (Lipinski definition) is 2. The largest absolute Gasteiger partial charge is 0.508 e. The van der Waals surface area contributed by atoms with Crippen molar-refractivity contribution < 1.29 is 10.2 Å². The van der Waals surface area contributed by atoms with Crippen molar-refractivity contribution in [1.82, 2.24) is 8.97 Å². The zero-order valence-electron chi connectivity index (χ0n) is 14.5. The molecular formula is C21H15ClN2O4. The molecule has 7 heteroatoms. The van der Waals surface area contributed by atoms with Crippen LogP contribution in [0.4, 0.5) is 0 Å². The fourth-order valence-corrected chi connectivity index (χ4v) is 3.35. The van der Waals surface area contributed by atoms with Crippen molar-refractivity contribution in [3.05, 3.63) is 98.3 Å². The van der Waals surface area contributed by atoms with Crippen molar-refractivity contribution in [1.29, 1.82) is 0 Å². The number of aromatic nitrogens is 2. The second kappa shape index (κ2) is 6.90. The summed E-state index contributed by atoms with van der Waals surface area (Å²) < 4.78 is 2.81. The molecule has 0 atom stereocenters. The van der Waals surface area contributed by atoms with Crippen LogP contribution in [0.5, 0.6) is 11.5 Å².